The number of anilines is 1. The normalized spacial score (nSPS) is 17.6. The Hall–Kier alpha value is -4.16. The first-order valence-electron chi connectivity index (χ1n) is 13.7. The minimum absolute atomic E-state index is 0.0226. The molecule has 3 atom stereocenters. The maximum absolute atomic E-state index is 13.3. The van der Waals surface area contributed by atoms with Gasteiger partial charge in [-0.3, -0.25) is 24.1 Å². The highest BCUT2D eigenvalue weighted by atomic mass is 16.7. The summed E-state index contributed by atoms with van der Waals surface area (Å²) < 4.78 is 11.3. The van der Waals surface area contributed by atoms with Gasteiger partial charge in [0.25, 0.3) is 5.91 Å². The van der Waals surface area contributed by atoms with Gasteiger partial charge in [0.05, 0.1) is 12.1 Å². The maximum Gasteiger partial charge on any atom is 0.411 e. The highest BCUT2D eigenvalue weighted by Gasteiger charge is 2.42. The van der Waals surface area contributed by atoms with Gasteiger partial charge in [0.2, 0.25) is 12.3 Å². The third kappa shape index (κ3) is 10.0. The largest absolute Gasteiger partial charge is 0.457 e. The van der Waals surface area contributed by atoms with E-state index < -0.39 is 53.8 Å². The zero-order valence-electron chi connectivity index (χ0n) is 24.8. The van der Waals surface area contributed by atoms with E-state index in [1.165, 1.54) is 4.90 Å². The summed E-state index contributed by atoms with van der Waals surface area (Å²) in [4.78, 5) is 57.1. The van der Waals surface area contributed by atoms with Crippen LogP contribution < -0.4 is 15.4 Å². The summed E-state index contributed by atoms with van der Waals surface area (Å²) in [7, 11) is 0. The van der Waals surface area contributed by atoms with Gasteiger partial charge in [-0.05, 0) is 84.4 Å². The van der Waals surface area contributed by atoms with Crippen molar-refractivity contribution in [1.82, 2.24) is 15.3 Å². The molecular formula is C30H40N4O8. The van der Waals surface area contributed by atoms with Crippen LogP contribution in [0.3, 0.4) is 0 Å². The monoisotopic (exact) mass is 584 g/mol. The van der Waals surface area contributed by atoms with Crippen molar-refractivity contribution in [2.75, 3.05) is 18.4 Å². The van der Waals surface area contributed by atoms with E-state index in [4.69, 9.17) is 14.3 Å². The number of hydroxylamine groups is 2. The molecule has 228 valence electrons. The molecule has 1 saturated heterocycles. The minimum Gasteiger partial charge on any atom is -0.457 e. The van der Waals surface area contributed by atoms with Crippen molar-refractivity contribution in [1.29, 1.82) is 0 Å². The van der Waals surface area contributed by atoms with E-state index >= 15 is 0 Å². The summed E-state index contributed by atoms with van der Waals surface area (Å²) in [5, 5.41) is 16.7. The third-order valence-corrected chi connectivity index (χ3v) is 5.84. The molecule has 3 rings (SSSR count). The van der Waals surface area contributed by atoms with Crippen LogP contribution in [0.1, 0.15) is 48.0 Å². The topological polar surface area (TPSA) is 147 Å². The lowest BCUT2D eigenvalue weighted by Crippen LogP contribution is -2.48. The number of nitrogens with one attached hydrogen (secondary N) is 2. The fraction of sp³-hybridized carbons (Fsp3) is 0.467. The number of aliphatic hydroxyl groups excluding tert-OH is 1. The average Bonchev–Trinajstić information content (AvgIpc) is 3.32. The standard InChI is InChI=1S/C30H40N4O8/c1-29(2,3)41-28(39)34-17-21(32-27(38)25(36)18-33(19-35)42-30(4,5)6)16-24(34)26(37)31-20-12-14-23(15-13-20)40-22-10-8-7-9-11-22/h7-15,19,21,24-25,36H,16-18H2,1-6H3,(H,31,37)(H,32,38)/t21?,24-,25-/m0/s1. The fourth-order valence-electron chi connectivity index (χ4n) is 4.17. The van der Waals surface area contributed by atoms with Gasteiger partial charge in [-0.15, -0.1) is 0 Å². The number of ether oxygens (including phenoxy) is 2. The van der Waals surface area contributed by atoms with Crippen LogP contribution in [-0.2, 0) is 24.0 Å². The molecule has 0 saturated carbocycles. The van der Waals surface area contributed by atoms with E-state index in [9.17, 15) is 24.3 Å². The lowest BCUT2D eigenvalue weighted by Gasteiger charge is -2.28. The van der Waals surface area contributed by atoms with Crippen LogP contribution in [0, 0.1) is 0 Å². The van der Waals surface area contributed by atoms with Crippen molar-refractivity contribution in [2.24, 2.45) is 0 Å². The average molecular weight is 585 g/mol. The van der Waals surface area contributed by atoms with Gasteiger partial charge >= 0.3 is 6.09 Å². The maximum atomic E-state index is 13.3. The Morgan fingerprint density at radius 1 is 1.00 bits per heavy atom. The van der Waals surface area contributed by atoms with Crippen LogP contribution in [0.2, 0.25) is 0 Å². The number of hydrogen-bond acceptors (Lipinski definition) is 8. The predicted octanol–water partition coefficient (Wildman–Crippen LogP) is 3.46. The second kappa shape index (κ2) is 13.7. The minimum atomic E-state index is -1.60. The van der Waals surface area contributed by atoms with E-state index in [1.807, 2.05) is 30.3 Å². The number of para-hydroxylation sites is 1. The van der Waals surface area contributed by atoms with E-state index in [0.29, 0.717) is 23.6 Å². The Labute approximate surface area is 245 Å². The zero-order valence-corrected chi connectivity index (χ0v) is 24.8. The summed E-state index contributed by atoms with van der Waals surface area (Å²) >= 11 is 0. The Morgan fingerprint density at radius 2 is 1.62 bits per heavy atom. The second-order valence-corrected chi connectivity index (χ2v) is 11.9. The Balaban J connectivity index is 1.67. The van der Waals surface area contributed by atoms with E-state index in [1.54, 1.807) is 65.8 Å². The number of likely N-dealkylation sites (tertiary alicyclic amines) is 1. The molecule has 3 N–H and O–H groups in total. The molecule has 1 unspecified atom stereocenters. The van der Waals surface area contributed by atoms with Gasteiger partial charge < -0.3 is 25.2 Å². The smallest absolute Gasteiger partial charge is 0.411 e. The van der Waals surface area contributed by atoms with Gasteiger partial charge in [-0.2, -0.15) is 0 Å². The van der Waals surface area contributed by atoms with E-state index in [0.717, 1.165) is 5.06 Å². The summed E-state index contributed by atoms with van der Waals surface area (Å²) in [5.74, 6) is 0.00836. The highest BCUT2D eigenvalue weighted by molar-refractivity contribution is 5.97. The molecule has 42 heavy (non-hydrogen) atoms. The molecule has 0 aliphatic carbocycles. The molecule has 12 nitrogen and oxygen atoms in total. The van der Waals surface area contributed by atoms with E-state index in [2.05, 4.69) is 10.6 Å². The third-order valence-electron chi connectivity index (χ3n) is 5.84. The van der Waals surface area contributed by atoms with Crippen LogP contribution in [-0.4, -0.2) is 81.9 Å². The SMILES string of the molecule is CC(C)(C)OC(=O)N1CC(NC(=O)[C@@H](O)CN(C=O)OC(C)(C)C)C[C@H]1C(=O)Nc1ccc(Oc2ccccc2)cc1. The lowest BCUT2D eigenvalue weighted by atomic mass is 10.1. The van der Waals surface area contributed by atoms with Crippen LogP contribution in [0.25, 0.3) is 0 Å². The molecule has 0 bridgehead atoms. The zero-order chi connectivity index (χ0) is 31.1. The summed E-state index contributed by atoms with van der Waals surface area (Å²) in [6, 6.07) is 14.4. The van der Waals surface area contributed by atoms with Crippen molar-refractivity contribution < 1.29 is 38.6 Å². The molecular weight excluding hydrogens is 544 g/mol. The second-order valence-electron chi connectivity index (χ2n) is 11.9. The Kier molecular flexibility index (Phi) is 10.5. The lowest BCUT2D eigenvalue weighted by molar-refractivity contribution is -0.222. The Bertz CT molecular complexity index is 1220. The summed E-state index contributed by atoms with van der Waals surface area (Å²) in [6.07, 6.45) is -1.86. The van der Waals surface area contributed by atoms with Gasteiger partial charge in [0, 0.05) is 18.3 Å². The summed E-state index contributed by atoms with van der Waals surface area (Å²) in [6.45, 7) is 9.87. The number of carbonyl (C=O) groups excluding carboxylic acids is 4. The van der Waals surface area contributed by atoms with Crippen molar-refractivity contribution in [3.8, 4) is 11.5 Å². The number of hydrogen-bond donors (Lipinski definition) is 3. The van der Waals surface area contributed by atoms with Crippen LogP contribution in [0.5, 0.6) is 11.5 Å². The van der Waals surface area contributed by atoms with Gasteiger partial charge in [-0.25, -0.2) is 9.86 Å². The summed E-state index contributed by atoms with van der Waals surface area (Å²) in [5.41, 5.74) is -1.04. The molecule has 1 fully saturated rings. The number of carbonyl (C=O) groups is 4. The first kappa shape index (κ1) is 32.4. The molecule has 1 aliphatic rings. The first-order valence-corrected chi connectivity index (χ1v) is 13.7. The number of aliphatic hydroxyl groups is 1. The number of rotatable bonds is 10. The molecule has 2 aromatic rings. The highest BCUT2D eigenvalue weighted by Crippen LogP contribution is 2.25. The van der Waals surface area contributed by atoms with Gasteiger partial charge in [0.15, 0.2) is 6.10 Å². The molecule has 0 aromatic heterocycles. The van der Waals surface area contributed by atoms with E-state index in [-0.39, 0.29) is 13.0 Å². The molecule has 1 heterocycles. The fourth-order valence-corrected chi connectivity index (χ4v) is 4.17. The van der Waals surface area contributed by atoms with Gasteiger partial charge in [-0.1, -0.05) is 18.2 Å². The van der Waals surface area contributed by atoms with Gasteiger partial charge in [0.1, 0.15) is 23.1 Å². The molecule has 0 radical (unpaired) electrons. The molecule has 2 aromatic carbocycles. The van der Waals surface area contributed by atoms with Crippen LogP contribution in [0.15, 0.2) is 54.6 Å². The first-order chi connectivity index (χ1) is 19.6. The number of amides is 4. The quantitative estimate of drug-likeness (QED) is 0.284. The molecule has 0 spiro atoms. The molecule has 12 heteroatoms. The van der Waals surface area contributed by atoms with Crippen molar-refractivity contribution >= 4 is 30.0 Å². The molecule has 4 amide bonds. The van der Waals surface area contributed by atoms with Crippen LogP contribution >= 0.6 is 0 Å². The predicted molar refractivity (Wildman–Crippen MR) is 154 cm³/mol. The van der Waals surface area contributed by atoms with Crippen molar-refractivity contribution in [3.05, 3.63) is 54.6 Å². The van der Waals surface area contributed by atoms with Crippen LogP contribution in [0.4, 0.5) is 10.5 Å². The Morgan fingerprint density at radius 3 is 2.19 bits per heavy atom. The number of nitrogens with zero attached hydrogens (tertiary/aromatic N) is 2. The number of benzene rings is 2. The van der Waals surface area contributed by atoms with Crippen molar-refractivity contribution in [2.45, 2.75) is 77.4 Å². The molecule has 1 aliphatic heterocycles. The van der Waals surface area contributed by atoms with Crippen molar-refractivity contribution in [3.63, 3.8) is 0 Å².